The quantitative estimate of drug-likeness (QED) is 0.806. The fraction of sp³-hybridized carbons (Fsp3) is 0.562. The van der Waals surface area contributed by atoms with E-state index in [1.807, 2.05) is 0 Å². The molecule has 0 atom stereocenters. The van der Waals surface area contributed by atoms with E-state index < -0.39 is 11.7 Å². The number of carbonyl (C=O) groups excluding carboxylic acids is 1. The number of benzene rings is 1. The van der Waals surface area contributed by atoms with E-state index in [0.29, 0.717) is 18.8 Å². The lowest BCUT2D eigenvalue weighted by Gasteiger charge is -2.31. The highest BCUT2D eigenvalue weighted by Gasteiger charge is 2.30. The van der Waals surface area contributed by atoms with Crippen molar-refractivity contribution in [1.82, 2.24) is 10.2 Å². The Hall–Kier alpha value is -1.96. The van der Waals surface area contributed by atoms with Gasteiger partial charge >= 0.3 is 12.2 Å². The van der Waals surface area contributed by atoms with Gasteiger partial charge in [0.2, 0.25) is 0 Å². The predicted molar refractivity (Wildman–Crippen MR) is 81.7 cm³/mol. The minimum Gasteiger partial charge on any atom is -0.492 e. The van der Waals surface area contributed by atoms with Gasteiger partial charge in [-0.1, -0.05) is 0 Å². The summed E-state index contributed by atoms with van der Waals surface area (Å²) in [6.45, 7) is 1.80. The number of aliphatic hydroxyl groups is 1. The highest BCUT2D eigenvalue weighted by Crippen LogP contribution is 2.30. The van der Waals surface area contributed by atoms with Crippen LogP contribution in [0, 0.1) is 5.92 Å². The van der Waals surface area contributed by atoms with Crippen molar-refractivity contribution in [2.75, 3.05) is 32.8 Å². The minimum atomic E-state index is -4.37. The lowest BCUT2D eigenvalue weighted by atomic mass is 9.98. The molecular formula is C16H21F3N2O3. The number of hydrogen-bond donors (Lipinski definition) is 2. The summed E-state index contributed by atoms with van der Waals surface area (Å²) in [5, 5.41) is 11.8. The van der Waals surface area contributed by atoms with Crippen LogP contribution < -0.4 is 10.1 Å². The lowest BCUT2D eigenvalue weighted by Crippen LogP contribution is -2.45. The van der Waals surface area contributed by atoms with Gasteiger partial charge in [0.15, 0.2) is 0 Å². The van der Waals surface area contributed by atoms with E-state index in [9.17, 15) is 18.0 Å². The Morgan fingerprint density at radius 1 is 1.25 bits per heavy atom. The fourth-order valence-electron chi connectivity index (χ4n) is 2.50. The zero-order chi connectivity index (χ0) is 17.6. The third kappa shape index (κ3) is 5.30. The van der Waals surface area contributed by atoms with E-state index in [4.69, 9.17) is 9.84 Å². The van der Waals surface area contributed by atoms with Crippen molar-refractivity contribution in [3.8, 4) is 5.75 Å². The second kappa shape index (κ2) is 8.23. The van der Waals surface area contributed by atoms with Crippen LogP contribution in [0.1, 0.15) is 18.4 Å². The van der Waals surface area contributed by atoms with E-state index >= 15 is 0 Å². The molecule has 5 nitrogen and oxygen atoms in total. The molecule has 0 bridgehead atoms. The first-order chi connectivity index (χ1) is 11.4. The number of likely N-dealkylation sites (tertiary alicyclic amines) is 1. The number of hydrogen-bond acceptors (Lipinski definition) is 3. The maximum Gasteiger partial charge on any atom is 0.416 e. The second-order valence-corrected chi connectivity index (χ2v) is 5.72. The van der Waals surface area contributed by atoms with Crippen LogP contribution >= 0.6 is 0 Å². The molecule has 24 heavy (non-hydrogen) atoms. The van der Waals surface area contributed by atoms with Crippen LogP contribution in [0.5, 0.6) is 5.75 Å². The van der Waals surface area contributed by atoms with Crippen molar-refractivity contribution < 1.29 is 27.8 Å². The summed E-state index contributed by atoms with van der Waals surface area (Å²) in [6, 6.07) is 4.23. The van der Waals surface area contributed by atoms with Gasteiger partial charge in [-0.2, -0.15) is 13.2 Å². The molecule has 1 aromatic carbocycles. The molecule has 0 saturated carbocycles. The predicted octanol–water partition coefficient (Wildman–Crippen LogP) is 2.50. The third-order valence-corrected chi connectivity index (χ3v) is 3.99. The molecule has 1 fully saturated rings. The smallest absolute Gasteiger partial charge is 0.416 e. The van der Waals surface area contributed by atoms with Crippen LogP contribution in [0.25, 0.3) is 0 Å². The van der Waals surface area contributed by atoms with E-state index in [1.54, 1.807) is 4.90 Å². The molecule has 1 aliphatic heterocycles. The number of nitrogens with zero attached hydrogens (tertiary/aromatic N) is 1. The zero-order valence-corrected chi connectivity index (χ0v) is 13.2. The summed E-state index contributed by atoms with van der Waals surface area (Å²) in [4.78, 5) is 13.6. The van der Waals surface area contributed by atoms with Crippen molar-refractivity contribution in [1.29, 1.82) is 0 Å². The monoisotopic (exact) mass is 346 g/mol. The topological polar surface area (TPSA) is 61.8 Å². The Kier molecular flexibility index (Phi) is 6.30. The first kappa shape index (κ1) is 18.4. The van der Waals surface area contributed by atoms with Crippen molar-refractivity contribution in [3.63, 3.8) is 0 Å². The first-order valence-electron chi connectivity index (χ1n) is 7.84. The summed E-state index contributed by atoms with van der Waals surface area (Å²) >= 11 is 0. The second-order valence-electron chi connectivity index (χ2n) is 5.72. The molecule has 1 aliphatic rings. The van der Waals surface area contributed by atoms with Crippen LogP contribution in [-0.2, 0) is 6.18 Å². The number of aliphatic hydroxyl groups excluding tert-OH is 1. The molecule has 0 aromatic heterocycles. The number of piperidine rings is 1. The van der Waals surface area contributed by atoms with Crippen molar-refractivity contribution >= 4 is 6.03 Å². The molecular weight excluding hydrogens is 325 g/mol. The Morgan fingerprint density at radius 2 is 1.88 bits per heavy atom. The van der Waals surface area contributed by atoms with Gasteiger partial charge < -0.3 is 20.1 Å². The molecule has 0 spiro atoms. The zero-order valence-electron chi connectivity index (χ0n) is 13.2. The largest absolute Gasteiger partial charge is 0.492 e. The van der Waals surface area contributed by atoms with Crippen LogP contribution in [-0.4, -0.2) is 48.9 Å². The summed E-state index contributed by atoms with van der Waals surface area (Å²) in [7, 11) is 0. The molecule has 0 aliphatic carbocycles. The molecule has 134 valence electrons. The summed E-state index contributed by atoms with van der Waals surface area (Å²) in [5.74, 6) is 0.582. The van der Waals surface area contributed by atoms with Gasteiger partial charge in [-0.15, -0.1) is 0 Å². The van der Waals surface area contributed by atoms with E-state index in [2.05, 4.69) is 5.32 Å². The molecule has 0 unspecified atom stereocenters. The van der Waals surface area contributed by atoms with Crippen molar-refractivity contribution in [2.45, 2.75) is 19.0 Å². The minimum absolute atomic E-state index is 0.149. The average molecular weight is 346 g/mol. The number of ether oxygens (including phenoxy) is 1. The van der Waals surface area contributed by atoms with Gasteiger partial charge in [0.25, 0.3) is 0 Å². The lowest BCUT2D eigenvalue weighted by molar-refractivity contribution is -0.137. The van der Waals surface area contributed by atoms with Gasteiger partial charge in [-0.3, -0.25) is 0 Å². The third-order valence-electron chi connectivity index (χ3n) is 3.99. The number of nitrogens with one attached hydrogen (secondary N) is 1. The summed E-state index contributed by atoms with van der Waals surface area (Å²) < 4.78 is 42.6. The average Bonchev–Trinajstić information content (AvgIpc) is 2.58. The Morgan fingerprint density at radius 3 is 2.42 bits per heavy atom. The Bertz CT molecular complexity index is 526. The molecule has 1 aromatic rings. The molecule has 1 heterocycles. The molecule has 8 heteroatoms. The van der Waals surface area contributed by atoms with Crippen LogP contribution in [0.2, 0.25) is 0 Å². The molecule has 2 rings (SSSR count). The number of amides is 2. The Balaban J connectivity index is 1.67. The van der Waals surface area contributed by atoms with E-state index in [-0.39, 0.29) is 31.7 Å². The highest BCUT2D eigenvalue weighted by atomic mass is 19.4. The van der Waals surface area contributed by atoms with Gasteiger partial charge in [-0.25, -0.2) is 4.79 Å². The van der Waals surface area contributed by atoms with E-state index in [0.717, 1.165) is 25.0 Å². The van der Waals surface area contributed by atoms with Crippen LogP contribution in [0.4, 0.5) is 18.0 Å². The number of urea groups is 1. The van der Waals surface area contributed by atoms with Gasteiger partial charge in [0.1, 0.15) is 12.4 Å². The molecule has 0 radical (unpaired) electrons. The first-order valence-corrected chi connectivity index (χ1v) is 7.84. The number of carbonyl (C=O) groups is 1. The maximum absolute atomic E-state index is 12.4. The molecule has 2 amide bonds. The SMILES string of the molecule is O=C(NCCOc1ccc(C(F)(F)F)cc1)N1CCC(CO)CC1. The van der Waals surface area contributed by atoms with Gasteiger partial charge in [0, 0.05) is 19.7 Å². The van der Waals surface area contributed by atoms with E-state index in [1.165, 1.54) is 12.1 Å². The van der Waals surface area contributed by atoms with Crippen molar-refractivity contribution in [3.05, 3.63) is 29.8 Å². The number of alkyl halides is 3. The summed E-state index contributed by atoms with van der Waals surface area (Å²) in [6.07, 6.45) is -2.80. The summed E-state index contributed by atoms with van der Waals surface area (Å²) in [5.41, 5.74) is -0.727. The van der Waals surface area contributed by atoms with Gasteiger partial charge in [0.05, 0.1) is 12.1 Å². The normalized spacial score (nSPS) is 16.1. The van der Waals surface area contributed by atoms with Crippen LogP contribution in [0.3, 0.4) is 0 Å². The maximum atomic E-state index is 12.4. The Labute approximate surface area is 138 Å². The molecule has 1 saturated heterocycles. The fourth-order valence-corrected chi connectivity index (χ4v) is 2.50. The standard InChI is InChI=1S/C16H21F3N2O3/c17-16(18,19)13-1-3-14(4-2-13)24-10-7-20-15(23)21-8-5-12(11-22)6-9-21/h1-4,12,22H,5-11H2,(H,20,23). The number of halogens is 3. The molecule has 2 N–H and O–H groups in total. The number of rotatable bonds is 5. The van der Waals surface area contributed by atoms with Crippen molar-refractivity contribution in [2.24, 2.45) is 5.92 Å². The highest BCUT2D eigenvalue weighted by molar-refractivity contribution is 5.74. The van der Waals surface area contributed by atoms with Gasteiger partial charge in [-0.05, 0) is 43.0 Å². The van der Waals surface area contributed by atoms with Crippen LogP contribution in [0.15, 0.2) is 24.3 Å².